The lowest BCUT2D eigenvalue weighted by Crippen LogP contribution is -2.45. The standard InChI is InChI=1S/C24H36N3O4/c1-15(13-31-24(29)22(27(2)3)9-20-11-25-14-26-20)12-30-23(28)10-21-18-5-16-4-17(7-18)8-19(21)6-16/h11,14-19,21-22H,1,4-10,12-13H2,2-3H3,(H,25,26)/t15?,16?,17?,18?,19?,21?,22-/m0/s1. The van der Waals surface area contributed by atoms with E-state index in [1.165, 1.54) is 32.1 Å². The van der Waals surface area contributed by atoms with E-state index in [0.29, 0.717) is 18.8 Å². The van der Waals surface area contributed by atoms with E-state index in [4.69, 9.17) is 9.47 Å². The summed E-state index contributed by atoms with van der Waals surface area (Å²) in [6, 6.07) is -0.421. The monoisotopic (exact) mass is 430 g/mol. The van der Waals surface area contributed by atoms with E-state index in [1.807, 2.05) is 19.0 Å². The summed E-state index contributed by atoms with van der Waals surface area (Å²) in [5, 5.41) is 0. The number of nitrogens with zero attached hydrogens (tertiary/aromatic N) is 2. The molecule has 4 aliphatic carbocycles. The molecule has 1 radical (unpaired) electrons. The summed E-state index contributed by atoms with van der Waals surface area (Å²) < 4.78 is 11.0. The summed E-state index contributed by atoms with van der Waals surface area (Å²) in [5.41, 5.74) is 0.806. The number of esters is 2. The fraction of sp³-hybridized carbons (Fsp3) is 0.750. The molecule has 7 nitrogen and oxygen atoms in total. The Bertz CT molecular complexity index is 720. The minimum atomic E-state index is -0.421. The van der Waals surface area contributed by atoms with Crippen LogP contribution in [0.25, 0.3) is 0 Å². The number of carbonyl (C=O) groups is 2. The van der Waals surface area contributed by atoms with E-state index in [-0.39, 0.29) is 31.1 Å². The summed E-state index contributed by atoms with van der Waals surface area (Å²) in [6.07, 6.45) is 11.0. The summed E-state index contributed by atoms with van der Waals surface area (Å²) in [6.45, 7) is 4.32. The Labute approximate surface area is 185 Å². The predicted molar refractivity (Wildman–Crippen MR) is 116 cm³/mol. The SMILES string of the molecule is [CH2]C(COC(=O)CC1C2CC3CC(C2)CC1C3)COC(=O)[C@H](Cc1c[nH]cn1)N(C)C. The summed E-state index contributed by atoms with van der Waals surface area (Å²) in [5.74, 6) is 3.04. The van der Waals surface area contributed by atoms with Gasteiger partial charge in [0.2, 0.25) is 0 Å². The Morgan fingerprint density at radius 2 is 1.77 bits per heavy atom. The van der Waals surface area contributed by atoms with Crippen LogP contribution in [0.1, 0.15) is 44.2 Å². The normalized spacial score (nSPS) is 30.9. The first-order valence-electron chi connectivity index (χ1n) is 11.7. The van der Waals surface area contributed by atoms with Crippen LogP contribution in [0.5, 0.6) is 0 Å². The van der Waals surface area contributed by atoms with Gasteiger partial charge in [-0.05, 0) is 82.7 Å². The maximum atomic E-state index is 12.5. The minimum Gasteiger partial charge on any atom is -0.465 e. The second-order valence-electron chi connectivity index (χ2n) is 10.2. The first kappa shape index (κ1) is 22.3. The van der Waals surface area contributed by atoms with Crippen LogP contribution in [0.15, 0.2) is 12.5 Å². The molecule has 0 saturated heterocycles. The van der Waals surface area contributed by atoms with Crippen molar-refractivity contribution in [2.75, 3.05) is 27.3 Å². The molecule has 0 aliphatic heterocycles. The molecule has 7 heteroatoms. The molecule has 31 heavy (non-hydrogen) atoms. The molecular weight excluding hydrogens is 394 g/mol. The summed E-state index contributed by atoms with van der Waals surface area (Å²) in [4.78, 5) is 33.9. The smallest absolute Gasteiger partial charge is 0.323 e. The molecule has 0 aromatic carbocycles. The van der Waals surface area contributed by atoms with Gasteiger partial charge in [-0.3, -0.25) is 14.5 Å². The van der Waals surface area contributed by atoms with Gasteiger partial charge in [-0.2, -0.15) is 0 Å². The predicted octanol–water partition coefficient (Wildman–Crippen LogP) is 2.88. The molecule has 4 bridgehead atoms. The third-order valence-corrected chi connectivity index (χ3v) is 7.62. The van der Waals surface area contributed by atoms with Crippen LogP contribution in [0.3, 0.4) is 0 Å². The molecule has 4 fully saturated rings. The van der Waals surface area contributed by atoms with Crippen LogP contribution in [0.2, 0.25) is 0 Å². The van der Waals surface area contributed by atoms with Gasteiger partial charge in [0.1, 0.15) is 6.04 Å². The number of nitrogens with one attached hydrogen (secondary N) is 1. The number of ether oxygens (including phenoxy) is 2. The van der Waals surface area contributed by atoms with Gasteiger partial charge in [-0.1, -0.05) is 0 Å². The van der Waals surface area contributed by atoms with Gasteiger partial charge in [0.25, 0.3) is 0 Å². The second-order valence-corrected chi connectivity index (χ2v) is 10.2. The molecule has 0 spiro atoms. The second kappa shape index (κ2) is 9.72. The molecule has 1 aromatic heterocycles. The molecule has 0 amide bonds. The highest BCUT2D eigenvalue weighted by atomic mass is 16.5. The van der Waals surface area contributed by atoms with E-state index < -0.39 is 6.04 Å². The van der Waals surface area contributed by atoms with Gasteiger partial charge >= 0.3 is 11.9 Å². The van der Waals surface area contributed by atoms with Gasteiger partial charge in [-0.15, -0.1) is 0 Å². The lowest BCUT2D eigenvalue weighted by Gasteiger charge is -2.54. The van der Waals surface area contributed by atoms with Crippen molar-refractivity contribution in [3.63, 3.8) is 0 Å². The summed E-state index contributed by atoms with van der Waals surface area (Å²) in [7, 11) is 3.68. The number of imidazole rings is 1. The van der Waals surface area contributed by atoms with E-state index in [1.54, 1.807) is 12.5 Å². The molecule has 5 rings (SSSR count). The molecule has 171 valence electrons. The third kappa shape index (κ3) is 5.48. The first-order chi connectivity index (χ1) is 14.9. The van der Waals surface area contributed by atoms with Crippen molar-refractivity contribution in [1.29, 1.82) is 0 Å². The Morgan fingerprint density at radius 1 is 1.13 bits per heavy atom. The molecule has 1 aromatic rings. The Balaban J connectivity index is 1.17. The quantitative estimate of drug-likeness (QED) is 0.575. The fourth-order valence-corrected chi connectivity index (χ4v) is 6.26. The van der Waals surface area contributed by atoms with Crippen LogP contribution in [-0.4, -0.2) is 60.2 Å². The highest BCUT2D eigenvalue weighted by Gasteiger charge is 2.48. The van der Waals surface area contributed by atoms with Crippen LogP contribution in [0, 0.1) is 42.4 Å². The maximum Gasteiger partial charge on any atom is 0.323 e. The maximum absolute atomic E-state index is 12.5. The Hall–Kier alpha value is -1.89. The number of H-pyrrole nitrogens is 1. The molecule has 1 N–H and O–H groups in total. The topological polar surface area (TPSA) is 84.5 Å². The van der Waals surface area contributed by atoms with Crippen molar-refractivity contribution < 1.29 is 19.1 Å². The number of hydrogen-bond donors (Lipinski definition) is 1. The van der Waals surface area contributed by atoms with E-state index in [2.05, 4.69) is 16.9 Å². The molecule has 1 unspecified atom stereocenters. The van der Waals surface area contributed by atoms with E-state index >= 15 is 0 Å². The lowest BCUT2D eigenvalue weighted by atomic mass is 9.51. The number of aromatic amines is 1. The van der Waals surface area contributed by atoms with Crippen molar-refractivity contribution in [3.05, 3.63) is 25.1 Å². The molecule has 4 saturated carbocycles. The molecule has 1 heterocycles. The zero-order valence-corrected chi connectivity index (χ0v) is 18.8. The minimum absolute atomic E-state index is 0.123. The highest BCUT2D eigenvalue weighted by Crippen LogP contribution is 2.57. The van der Waals surface area contributed by atoms with E-state index in [9.17, 15) is 9.59 Å². The molecular formula is C24H36N3O4. The zero-order valence-electron chi connectivity index (χ0n) is 18.8. The van der Waals surface area contributed by atoms with Gasteiger partial charge in [-0.25, -0.2) is 4.98 Å². The van der Waals surface area contributed by atoms with Crippen molar-refractivity contribution >= 4 is 11.9 Å². The number of carbonyl (C=O) groups excluding carboxylic acids is 2. The number of hydrogen-bond acceptors (Lipinski definition) is 6. The molecule has 2 atom stereocenters. The lowest BCUT2D eigenvalue weighted by molar-refractivity contribution is -0.153. The van der Waals surface area contributed by atoms with Crippen molar-refractivity contribution in [3.8, 4) is 0 Å². The van der Waals surface area contributed by atoms with Crippen molar-refractivity contribution in [2.24, 2.45) is 35.5 Å². The van der Waals surface area contributed by atoms with Crippen LogP contribution >= 0.6 is 0 Å². The zero-order chi connectivity index (χ0) is 22.0. The van der Waals surface area contributed by atoms with Gasteiger partial charge in [0.15, 0.2) is 0 Å². The number of rotatable bonds is 10. The average Bonchev–Trinajstić information content (AvgIpc) is 3.24. The van der Waals surface area contributed by atoms with Crippen LogP contribution < -0.4 is 0 Å². The number of likely N-dealkylation sites (N-methyl/N-ethyl adjacent to an activating group) is 1. The Kier molecular flexibility index (Phi) is 6.99. The average molecular weight is 431 g/mol. The van der Waals surface area contributed by atoms with Gasteiger partial charge in [0.05, 0.1) is 25.2 Å². The fourth-order valence-electron chi connectivity index (χ4n) is 6.26. The van der Waals surface area contributed by atoms with E-state index in [0.717, 1.165) is 29.4 Å². The van der Waals surface area contributed by atoms with Gasteiger partial charge in [0, 0.05) is 25.0 Å². The van der Waals surface area contributed by atoms with Crippen LogP contribution in [-0.2, 0) is 25.5 Å². The highest BCUT2D eigenvalue weighted by molar-refractivity contribution is 5.76. The molecule has 4 aliphatic rings. The summed E-state index contributed by atoms with van der Waals surface area (Å²) >= 11 is 0. The van der Waals surface area contributed by atoms with Crippen LogP contribution in [0.4, 0.5) is 0 Å². The van der Waals surface area contributed by atoms with Crippen molar-refractivity contribution in [1.82, 2.24) is 14.9 Å². The number of aromatic nitrogens is 2. The van der Waals surface area contributed by atoms with Crippen molar-refractivity contribution in [2.45, 2.75) is 51.0 Å². The third-order valence-electron chi connectivity index (χ3n) is 7.62. The first-order valence-corrected chi connectivity index (χ1v) is 11.7. The Morgan fingerprint density at radius 3 is 2.35 bits per heavy atom. The largest absolute Gasteiger partial charge is 0.465 e. The van der Waals surface area contributed by atoms with Gasteiger partial charge < -0.3 is 14.5 Å².